The fourth-order valence-electron chi connectivity index (χ4n) is 1.79. The lowest BCUT2D eigenvalue weighted by atomic mass is 10.0. The van der Waals surface area contributed by atoms with E-state index in [9.17, 15) is 0 Å². The van der Waals surface area contributed by atoms with Crippen LogP contribution in [0.15, 0.2) is 18.3 Å². The lowest BCUT2D eigenvalue weighted by Crippen LogP contribution is -2.32. The molecule has 1 unspecified atom stereocenters. The van der Waals surface area contributed by atoms with Crippen LogP contribution in [0.1, 0.15) is 24.6 Å². The molecule has 0 aliphatic carbocycles. The summed E-state index contributed by atoms with van der Waals surface area (Å²) in [6.07, 6.45) is 3.87. The molecule has 0 fully saturated rings. The molecule has 0 aliphatic heterocycles. The van der Waals surface area contributed by atoms with E-state index in [0.29, 0.717) is 6.04 Å². The molecule has 0 radical (unpaired) electrons. The Balaban J connectivity index is 2.56. The molecule has 1 N–H and O–H groups in total. The van der Waals surface area contributed by atoms with E-state index < -0.39 is 0 Å². The number of nitrogens with one attached hydrogen (secondary N) is 1. The molecule has 16 heavy (non-hydrogen) atoms. The minimum atomic E-state index is 0.457. The lowest BCUT2D eigenvalue weighted by molar-refractivity contribution is 0.182. The van der Waals surface area contributed by atoms with Crippen molar-refractivity contribution in [3.8, 4) is 0 Å². The van der Waals surface area contributed by atoms with Gasteiger partial charge >= 0.3 is 0 Å². The molecule has 1 aromatic heterocycles. The van der Waals surface area contributed by atoms with Gasteiger partial charge in [0.05, 0.1) is 0 Å². The van der Waals surface area contributed by atoms with Gasteiger partial charge in [-0.1, -0.05) is 13.0 Å². The number of aromatic nitrogens is 1. The first-order valence-electron chi connectivity index (χ1n) is 5.90. The van der Waals surface area contributed by atoms with Gasteiger partial charge < -0.3 is 10.1 Å². The summed E-state index contributed by atoms with van der Waals surface area (Å²) < 4.78 is 5.13. The number of methoxy groups -OCH3 is 1. The Morgan fingerprint density at radius 3 is 2.94 bits per heavy atom. The maximum atomic E-state index is 5.13. The molecule has 0 spiro atoms. The second-order valence-corrected chi connectivity index (χ2v) is 4.01. The standard InChI is InChI=1S/C13H22N2O/c1-4-14-12(7-9-16-3)10-13-11(2)6-5-8-15-13/h5-6,8,12,14H,4,7,9-10H2,1-3H3. The number of ether oxygens (including phenoxy) is 1. The summed E-state index contributed by atoms with van der Waals surface area (Å²) in [7, 11) is 1.75. The molecule has 1 rings (SSSR count). The highest BCUT2D eigenvalue weighted by Gasteiger charge is 2.10. The van der Waals surface area contributed by atoms with Crippen LogP contribution < -0.4 is 5.32 Å². The highest BCUT2D eigenvalue weighted by atomic mass is 16.5. The maximum absolute atomic E-state index is 5.13. The predicted octanol–water partition coefficient (Wildman–Crippen LogP) is 1.95. The zero-order valence-electron chi connectivity index (χ0n) is 10.5. The van der Waals surface area contributed by atoms with Gasteiger partial charge in [0.25, 0.3) is 0 Å². The Morgan fingerprint density at radius 1 is 1.50 bits per heavy atom. The Morgan fingerprint density at radius 2 is 2.31 bits per heavy atom. The molecule has 3 nitrogen and oxygen atoms in total. The van der Waals surface area contributed by atoms with Crippen LogP contribution in [0.5, 0.6) is 0 Å². The first-order valence-corrected chi connectivity index (χ1v) is 5.90. The van der Waals surface area contributed by atoms with Crippen LogP contribution in [0, 0.1) is 6.92 Å². The summed E-state index contributed by atoms with van der Waals surface area (Å²) in [5.41, 5.74) is 2.45. The minimum Gasteiger partial charge on any atom is -0.385 e. The number of likely N-dealkylation sites (N-methyl/N-ethyl adjacent to an activating group) is 1. The first kappa shape index (κ1) is 13.1. The Labute approximate surface area is 98.2 Å². The van der Waals surface area contributed by atoms with Crippen molar-refractivity contribution in [2.75, 3.05) is 20.3 Å². The molecule has 90 valence electrons. The molecular weight excluding hydrogens is 200 g/mol. The third-order valence-electron chi connectivity index (χ3n) is 2.72. The summed E-state index contributed by atoms with van der Waals surface area (Å²) in [4.78, 5) is 4.43. The fourth-order valence-corrected chi connectivity index (χ4v) is 1.79. The number of aryl methyl sites for hydroxylation is 1. The van der Waals surface area contributed by atoms with E-state index >= 15 is 0 Å². The van der Waals surface area contributed by atoms with Gasteiger partial charge in [0.15, 0.2) is 0 Å². The number of hydrogen-bond acceptors (Lipinski definition) is 3. The van der Waals surface area contributed by atoms with Crippen LogP contribution in [0.2, 0.25) is 0 Å². The van der Waals surface area contributed by atoms with E-state index in [0.717, 1.165) is 26.0 Å². The van der Waals surface area contributed by atoms with Crippen LogP contribution in [-0.2, 0) is 11.2 Å². The second-order valence-electron chi connectivity index (χ2n) is 4.01. The fraction of sp³-hybridized carbons (Fsp3) is 0.615. The average Bonchev–Trinajstić information content (AvgIpc) is 2.29. The van der Waals surface area contributed by atoms with E-state index in [-0.39, 0.29) is 0 Å². The lowest BCUT2D eigenvalue weighted by Gasteiger charge is -2.17. The predicted molar refractivity (Wildman–Crippen MR) is 66.6 cm³/mol. The molecule has 0 amide bonds. The van der Waals surface area contributed by atoms with Gasteiger partial charge in [0.2, 0.25) is 0 Å². The smallest absolute Gasteiger partial charge is 0.0477 e. The highest BCUT2D eigenvalue weighted by molar-refractivity contribution is 5.18. The van der Waals surface area contributed by atoms with Crippen LogP contribution in [0.3, 0.4) is 0 Å². The zero-order valence-corrected chi connectivity index (χ0v) is 10.5. The number of hydrogen-bond donors (Lipinski definition) is 1. The van der Waals surface area contributed by atoms with Gasteiger partial charge in [-0.3, -0.25) is 4.98 Å². The highest BCUT2D eigenvalue weighted by Crippen LogP contribution is 2.08. The minimum absolute atomic E-state index is 0.457. The molecule has 1 aromatic rings. The maximum Gasteiger partial charge on any atom is 0.0477 e. The van der Waals surface area contributed by atoms with Gasteiger partial charge in [0.1, 0.15) is 0 Å². The van der Waals surface area contributed by atoms with Crippen LogP contribution in [0.25, 0.3) is 0 Å². The molecule has 1 atom stereocenters. The van der Waals surface area contributed by atoms with Gasteiger partial charge in [-0.25, -0.2) is 0 Å². The van der Waals surface area contributed by atoms with Crippen molar-refractivity contribution in [1.82, 2.24) is 10.3 Å². The third-order valence-corrected chi connectivity index (χ3v) is 2.72. The van der Waals surface area contributed by atoms with Crippen molar-refractivity contribution in [3.05, 3.63) is 29.6 Å². The van der Waals surface area contributed by atoms with Crippen molar-refractivity contribution >= 4 is 0 Å². The third kappa shape index (κ3) is 4.29. The van der Waals surface area contributed by atoms with Crippen molar-refractivity contribution in [1.29, 1.82) is 0 Å². The quantitative estimate of drug-likeness (QED) is 0.765. The molecule has 0 aliphatic rings. The van der Waals surface area contributed by atoms with E-state index in [2.05, 4.69) is 30.2 Å². The first-order chi connectivity index (χ1) is 7.77. The van der Waals surface area contributed by atoms with Crippen LogP contribution in [0.4, 0.5) is 0 Å². The van der Waals surface area contributed by atoms with Gasteiger partial charge in [0, 0.05) is 38.1 Å². The summed E-state index contributed by atoms with van der Waals surface area (Å²) >= 11 is 0. The Hall–Kier alpha value is -0.930. The number of pyridine rings is 1. The van der Waals surface area contributed by atoms with Crippen molar-refractivity contribution in [3.63, 3.8) is 0 Å². The monoisotopic (exact) mass is 222 g/mol. The molecule has 1 heterocycles. The summed E-state index contributed by atoms with van der Waals surface area (Å²) in [5.74, 6) is 0. The zero-order chi connectivity index (χ0) is 11.8. The molecule has 0 aromatic carbocycles. The van der Waals surface area contributed by atoms with Crippen LogP contribution in [-0.4, -0.2) is 31.3 Å². The molecular formula is C13H22N2O. The van der Waals surface area contributed by atoms with Crippen LogP contribution >= 0.6 is 0 Å². The van der Waals surface area contributed by atoms with Gasteiger partial charge in [-0.15, -0.1) is 0 Å². The van der Waals surface area contributed by atoms with Crippen molar-refractivity contribution < 1.29 is 4.74 Å². The summed E-state index contributed by atoms with van der Waals surface area (Å²) in [6, 6.07) is 4.55. The Bertz CT molecular complexity index is 302. The summed E-state index contributed by atoms with van der Waals surface area (Å²) in [6.45, 7) is 6.02. The van der Waals surface area contributed by atoms with E-state index in [1.807, 2.05) is 12.3 Å². The normalized spacial score (nSPS) is 12.7. The SMILES string of the molecule is CCNC(CCOC)Cc1ncccc1C. The molecule has 0 saturated heterocycles. The van der Waals surface area contributed by atoms with E-state index in [4.69, 9.17) is 4.74 Å². The van der Waals surface area contributed by atoms with Crippen molar-refractivity contribution in [2.24, 2.45) is 0 Å². The summed E-state index contributed by atoms with van der Waals surface area (Å²) in [5, 5.41) is 3.47. The molecule has 0 bridgehead atoms. The largest absolute Gasteiger partial charge is 0.385 e. The number of rotatable bonds is 7. The molecule has 0 saturated carbocycles. The second kappa shape index (κ2) is 7.36. The van der Waals surface area contributed by atoms with E-state index in [1.165, 1.54) is 11.3 Å². The van der Waals surface area contributed by atoms with E-state index in [1.54, 1.807) is 7.11 Å². The topological polar surface area (TPSA) is 34.1 Å². The van der Waals surface area contributed by atoms with Gasteiger partial charge in [-0.2, -0.15) is 0 Å². The Kier molecular flexibility index (Phi) is 6.04. The molecule has 3 heteroatoms. The average molecular weight is 222 g/mol. The van der Waals surface area contributed by atoms with Gasteiger partial charge in [-0.05, 0) is 31.5 Å². The number of nitrogens with zero attached hydrogens (tertiary/aromatic N) is 1. The van der Waals surface area contributed by atoms with Crippen molar-refractivity contribution in [2.45, 2.75) is 32.7 Å².